The summed E-state index contributed by atoms with van der Waals surface area (Å²) in [7, 11) is 0. The lowest BCUT2D eigenvalue weighted by Gasteiger charge is -2.10. The summed E-state index contributed by atoms with van der Waals surface area (Å²) >= 11 is 5.63. The minimum Gasteiger partial charge on any atom is -0.454 e. The van der Waals surface area contributed by atoms with Crippen LogP contribution in [-0.4, -0.2) is 0 Å². The SMILES string of the molecule is Cc1ccc(C#N)cc1Oc1ccc(CCl)cc1F. The van der Waals surface area contributed by atoms with Crippen LogP contribution >= 0.6 is 11.6 Å². The summed E-state index contributed by atoms with van der Waals surface area (Å²) in [5.41, 5.74) is 1.99. The number of hydrogen-bond acceptors (Lipinski definition) is 2. The minimum absolute atomic E-state index is 0.118. The van der Waals surface area contributed by atoms with Gasteiger partial charge in [-0.25, -0.2) is 4.39 Å². The molecule has 2 aromatic rings. The van der Waals surface area contributed by atoms with E-state index in [1.165, 1.54) is 12.1 Å². The van der Waals surface area contributed by atoms with Gasteiger partial charge in [0.25, 0.3) is 0 Å². The Labute approximate surface area is 116 Å². The number of ether oxygens (including phenoxy) is 1. The molecule has 0 aromatic heterocycles. The van der Waals surface area contributed by atoms with Gasteiger partial charge in [0, 0.05) is 5.88 Å². The van der Waals surface area contributed by atoms with Crippen LogP contribution in [0.5, 0.6) is 11.5 Å². The third kappa shape index (κ3) is 3.04. The van der Waals surface area contributed by atoms with Gasteiger partial charge in [0.2, 0.25) is 0 Å². The number of rotatable bonds is 3. The standard InChI is InChI=1S/C15H11ClFNO/c1-10-2-3-12(9-18)7-15(10)19-14-5-4-11(8-16)6-13(14)17/h2-7H,8H2,1H3. The maximum atomic E-state index is 13.8. The Kier molecular flexibility index (Phi) is 4.03. The van der Waals surface area contributed by atoms with Gasteiger partial charge in [-0.15, -0.1) is 11.6 Å². The predicted octanol–water partition coefficient (Wildman–Crippen LogP) is 4.54. The molecule has 96 valence electrons. The van der Waals surface area contributed by atoms with E-state index in [-0.39, 0.29) is 11.6 Å². The fourth-order valence-corrected chi connectivity index (χ4v) is 1.77. The molecule has 0 unspecified atom stereocenters. The van der Waals surface area contributed by atoms with E-state index in [2.05, 4.69) is 0 Å². The third-order valence-electron chi connectivity index (χ3n) is 2.69. The summed E-state index contributed by atoms with van der Waals surface area (Å²) < 4.78 is 19.3. The zero-order valence-electron chi connectivity index (χ0n) is 10.3. The Balaban J connectivity index is 2.33. The second kappa shape index (κ2) is 5.73. The zero-order chi connectivity index (χ0) is 13.8. The largest absolute Gasteiger partial charge is 0.454 e. The van der Waals surface area contributed by atoms with Crippen molar-refractivity contribution in [2.75, 3.05) is 0 Å². The van der Waals surface area contributed by atoms with Crippen LogP contribution in [0.4, 0.5) is 4.39 Å². The highest BCUT2D eigenvalue weighted by Gasteiger charge is 2.08. The smallest absolute Gasteiger partial charge is 0.166 e. The van der Waals surface area contributed by atoms with Crippen molar-refractivity contribution in [3.05, 3.63) is 58.9 Å². The highest BCUT2D eigenvalue weighted by atomic mass is 35.5. The quantitative estimate of drug-likeness (QED) is 0.771. The van der Waals surface area contributed by atoms with Crippen molar-refractivity contribution in [2.24, 2.45) is 0 Å². The van der Waals surface area contributed by atoms with Gasteiger partial charge in [-0.3, -0.25) is 0 Å². The molecule has 0 atom stereocenters. The average Bonchev–Trinajstić information content (AvgIpc) is 2.43. The van der Waals surface area contributed by atoms with Crippen molar-refractivity contribution in [3.8, 4) is 17.6 Å². The second-order valence-corrected chi connectivity index (χ2v) is 4.36. The van der Waals surface area contributed by atoms with Gasteiger partial charge in [-0.1, -0.05) is 12.1 Å². The Morgan fingerprint density at radius 1 is 1.21 bits per heavy atom. The summed E-state index contributed by atoms with van der Waals surface area (Å²) in [6.07, 6.45) is 0. The van der Waals surface area contributed by atoms with Gasteiger partial charge < -0.3 is 4.74 Å². The van der Waals surface area contributed by atoms with Crippen LogP contribution in [0.15, 0.2) is 36.4 Å². The number of nitrogens with zero attached hydrogens (tertiary/aromatic N) is 1. The first-order valence-corrected chi connectivity index (χ1v) is 6.20. The molecule has 0 heterocycles. The molecule has 0 aliphatic heterocycles. The van der Waals surface area contributed by atoms with Crippen LogP contribution in [0.2, 0.25) is 0 Å². The molecule has 0 radical (unpaired) electrons. The molecule has 0 aliphatic rings. The van der Waals surface area contributed by atoms with Crippen LogP contribution in [0.1, 0.15) is 16.7 Å². The van der Waals surface area contributed by atoms with Crippen molar-refractivity contribution in [1.82, 2.24) is 0 Å². The van der Waals surface area contributed by atoms with Gasteiger partial charge in [0.15, 0.2) is 11.6 Å². The molecule has 0 fully saturated rings. The molecule has 0 N–H and O–H groups in total. The van der Waals surface area contributed by atoms with Gasteiger partial charge >= 0.3 is 0 Å². The van der Waals surface area contributed by atoms with Crippen LogP contribution in [0, 0.1) is 24.1 Å². The highest BCUT2D eigenvalue weighted by molar-refractivity contribution is 6.17. The molecule has 0 saturated heterocycles. The molecule has 2 aromatic carbocycles. The molecule has 0 saturated carbocycles. The fourth-order valence-electron chi connectivity index (χ4n) is 1.61. The first-order valence-electron chi connectivity index (χ1n) is 5.67. The van der Waals surface area contributed by atoms with Crippen molar-refractivity contribution in [3.63, 3.8) is 0 Å². The molecular formula is C15H11ClFNO. The van der Waals surface area contributed by atoms with E-state index in [0.717, 1.165) is 5.56 Å². The predicted molar refractivity (Wildman–Crippen MR) is 71.9 cm³/mol. The highest BCUT2D eigenvalue weighted by Crippen LogP contribution is 2.28. The second-order valence-electron chi connectivity index (χ2n) is 4.09. The van der Waals surface area contributed by atoms with Crippen molar-refractivity contribution >= 4 is 11.6 Å². The lowest BCUT2D eigenvalue weighted by Crippen LogP contribution is -1.92. The Morgan fingerprint density at radius 3 is 2.63 bits per heavy atom. The molecule has 0 amide bonds. The van der Waals surface area contributed by atoms with Crippen molar-refractivity contribution in [2.45, 2.75) is 12.8 Å². The molecule has 2 nitrogen and oxygen atoms in total. The van der Waals surface area contributed by atoms with Crippen LogP contribution < -0.4 is 4.74 Å². The van der Waals surface area contributed by atoms with Crippen molar-refractivity contribution in [1.29, 1.82) is 5.26 Å². The molecule has 2 rings (SSSR count). The summed E-state index contributed by atoms with van der Waals surface area (Å²) in [5.74, 6) is 0.365. The lowest BCUT2D eigenvalue weighted by atomic mass is 10.1. The molecule has 0 aliphatic carbocycles. The van der Waals surface area contributed by atoms with E-state index in [1.807, 2.05) is 13.0 Å². The first kappa shape index (κ1) is 13.4. The van der Waals surface area contributed by atoms with E-state index >= 15 is 0 Å². The fraction of sp³-hybridized carbons (Fsp3) is 0.133. The number of alkyl halides is 1. The van der Waals surface area contributed by atoms with E-state index < -0.39 is 5.82 Å². The topological polar surface area (TPSA) is 33.0 Å². The summed E-state index contributed by atoms with van der Waals surface area (Å²) in [6, 6.07) is 11.6. The van der Waals surface area contributed by atoms with Crippen LogP contribution in [0.3, 0.4) is 0 Å². The van der Waals surface area contributed by atoms with E-state index in [1.54, 1.807) is 24.3 Å². The molecular weight excluding hydrogens is 265 g/mol. The van der Waals surface area contributed by atoms with Gasteiger partial charge in [-0.2, -0.15) is 5.26 Å². The molecule has 19 heavy (non-hydrogen) atoms. The normalized spacial score (nSPS) is 10.0. The summed E-state index contributed by atoms with van der Waals surface area (Å²) in [5, 5.41) is 8.85. The molecule has 0 bridgehead atoms. The Hall–Kier alpha value is -2.05. The van der Waals surface area contributed by atoms with Crippen molar-refractivity contribution < 1.29 is 9.13 Å². The third-order valence-corrected chi connectivity index (χ3v) is 3.00. The average molecular weight is 276 g/mol. The van der Waals surface area contributed by atoms with E-state index in [0.29, 0.717) is 16.9 Å². The molecule has 4 heteroatoms. The van der Waals surface area contributed by atoms with E-state index in [4.69, 9.17) is 21.6 Å². The van der Waals surface area contributed by atoms with E-state index in [9.17, 15) is 4.39 Å². The number of aryl methyl sites for hydroxylation is 1. The van der Waals surface area contributed by atoms with Gasteiger partial charge in [0.1, 0.15) is 5.75 Å². The number of benzene rings is 2. The Morgan fingerprint density at radius 2 is 2.00 bits per heavy atom. The lowest BCUT2D eigenvalue weighted by molar-refractivity contribution is 0.439. The molecule has 0 spiro atoms. The monoisotopic (exact) mass is 275 g/mol. The first-order chi connectivity index (χ1) is 9.13. The number of nitriles is 1. The maximum Gasteiger partial charge on any atom is 0.166 e. The van der Waals surface area contributed by atoms with Crippen LogP contribution in [-0.2, 0) is 5.88 Å². The van der Waals surface area contributed by atoms with Crippen LogP contribution in [0.25, 0.3) is 0 Å². The van der Waals surface area contributed by atoms with Gasteiger partial charge in [-0.05, 0) is 42.3 Å². The number of halogens is 2. The summed E-state index contributed by atoms with van der Waals surface area (Å²) in [4.78, 5) is 0. The Bertz CT molecular complexity index is 649. The van der Waals surface area contributed by atoms with Gasteiger partial charge in [0.05, 0.1) is 11.6 Å². The zero-order valence-corrected chi connectivity index (χ0v) is 11.0. The minimum atomic E-state index is -0.472. The summed E-state index contributed by atoms with van der Waals surface area (Å²) in [6.45, 7) is 1.83. The number of hydrogen-bond donors (Lipinski definition) is 0. The maximum absolute atomic E-state index is 13.8.